The van der Waals surface area contributed by atoms with Crippen molar-refractivity contribution in [2.24, 2.45) is 0 Å². The van der Waals surface area contributed by atoms with E-state index in [1.807, 2.05) is 0 Å². The summed E-state index contributed by atoms with van der Waals surface area (Å²) in [5, 5.41) is 8.63. The van der Waals surface area contributed by atoms with Crippen LogP contribution < -0.4 is 0 Å². The summed E-state index contributed by atoms with van der Waals surface area (Å²) in [5.74, 6) is -0.358. The fourth-order valence-corrected chi connectivity index (χ4v) is 1.26. The van der Waals surface area contributed by atoms with Crippen LogP contribution in [0.4, 0.5) is 0 Å². The summed E-state index contributed by atoms with van der Waals surface area (Å²) >= 11 is 0. The molecule has 0 aromatic rings. The predicted molar refractivity (Wildman–Crippen MR) is 46.8 cm³/mol. The quantitative estimate of drug-likeness (QED) is 0.733. The van der Waals surface area contributed by atoms with E-state index < -0.39 is 5.97 Å². The van der Waals surface area contributed by atoms with E-state index in [2.05, 4.69) is 15.0 Å². The molecule has 0 aromatic carbocycles. The number of hydrogen-bond donors (Lipinski definition) is 1. The number of nitrogens with zero attached hydrogens (tertiary/aromatic N) is 4. The lowest BCUT2D eigenvalue weighted by atomic mass is 10.3. The van der Waals surface area contributed by atoms with Gasteiger partial charge in [0.1, 0.15) is 18.6 Å². The highest BCUT2D eigenvalue weighted by Gasteiger charge is 2.13. The summed E-state index contributed by atoms with van der Waals surface area (Å²) in [7, 11) is 0. The lowest BCUT2D eigenvalue weighted by Crippen LogP contribution is -2.13. The summed E-state index contributed by atoms with van der Waals surface area (Å²) < 4.78 is 1.53. The number of imidazole rings is 1. The predicted octanol–water partition coefficient (Wildman–Crippen LogP) is 0.171. The maximum atomic E-state index is 10.5. The van der Waals surface area contributed by atoms with Gasteiger partial charge in [-0.2, -0.15) is 0 Å². The van der Waals surface area contributed by atoms with Crippen LogP contribution in [0.3, 0.4) is 0 Å². The Morgan fingerprint density at radius 1 is 1.50 bits per heavy atom. The molecule has 0 saturated heterocycles. The van der Waals surface area contributed by atoms with Crippen molar-refractivity contribution in [3.63, 3.8) is 0 Å². The number of fused-ring (bicyclic) bond motifs is 1. The average Bonchev–Trinajstić information content (AvgIpc) is 2.57. The highest BCUT2D eigenvalue weighted by atomic mass is 16.4. The van der Waals surface area contributed by atoms with Crippen molar-refractivity contribution in [3.8, 4) is 11.5 Å². The molecule has 0 radical (unpaired) electrons. The molecule has 6 nitrogen and oxygen atoms in total. The largest absolute Gasteiger partial charge is 0.480 e. The van der Waals surface area contributed by atoms with E-state index in [0.717, 1.165) is 5.69 Å². The van der Waals surface area contributed by atoms with Crippen LogP contribution in [0.1, 0.15) is 5.69 Å². The molecule has 0 atom stereocenters. The fourth-order valence-electron chi connectivity index (χ4n) is 1.26. The van der Waals surface area contributed by atoms with E-state index in [1.165, 1.54) is 17.2 Å². The first-order valence-corrected chi connectivity index (χ1v) is 4.02. The Labute approximate surface area is 79.6 Å². The standard InChI is InChI=1S/C8H8N4O2/c1-5-7-8(10-3-9-7)11-4-12(5)2-6(13)14/h3-4H,2H2,1H3,(H,13,14). The van der Waals surface area contributed by atoms with Crippen molar-refractivity contribution in [3.05, 3.63) is 18.3 Å². The molecular formula is C8H8N4O2. The molecule has 0 aromatic heterocycles. The van der Waals surface area contributed by atoms with Crippen molar-refractivity contribution >= 4 is 5.97 Å². The van der Waals surface area contributed by atoms with Gasteiger partial charge in [0.2, 0.25) is 0 Å². The SMILES string of the molecule is Cc1c2ncnc-2ncn1CC(=O)O. The number of carboxylic acid groups (broad SMARTS) is 1. The van der Waals surface area contributed by atoms with Gasteiger partial charge in [0.05, 0.1) is 6.33 Å². The van der Waals surface area contributed by atoms with E-state index >= 15 is 0 Å². The van der Waals surface area contributed by atoms with E-state index in [0.29, 0.717) is 11.5 Å². The van der Waals surface area contributed by atoms with Gasteiger partial charge < -0.3 is 9.67 Å². The molecule has 0 saturated carbocycles. The molecule has 72 valence electrons. The van der Waals surface area contributed by atoms with Crippen LogP contribution >= 0.6 is 0 Å². The lowest BCUT2D eigenvalue weighted by molar-refractivity contribution is -0.137. The molecule has 0 amide bonds. The zero-order valence-corrected chi connectivity index (χ0v) is 7.51. The first kappa shape index (κ1) is 8.61. The minimum atomic E-state index is -0.904. The Bertz CT molecular complexity index is 451. The zero-order chi connectivity index (χ0) is 10.1. The third-order valence-electron chi connectivity index (χ3n) is 1.98. The molecule has 0 bridgehead atoms. The second-order valence-electron chi connectivity index (χ2n) is 2.90. The molecule has 0 unspecified atom stereocenters. The van der Waals surface area contributed by atoms with Crippen LogP contribution in [0.2, 0.25) is 0 Å². The molecule has 2 heterocycles. The number of carboxylic acids is 1. The van der Waals surface area contributed by atoms with Crippen molar-refractivity contribution in [2.45, 2.75) is 13.5 Å². The number of aromatic nitrogens is 4. The van der Waals surface area contributed by atoms with Gasteiger partial charge in [-0.05, 0) is 6.92 Å². The van der Waals surface area contributed by atoms with E-state index in [1.54, 1.807) is 6.92 Å². The normalized spacial score (nSPS) is 10.6. The van der Waals surface area contributed by atoms with Gasteiger partial charge in [-0.3, -0.25) is 4.79 Å². The molecule has 2 aliphatic heterocycles. The molecule has 6 heteroatoms. The van der Waals surface area contributed by atoms with Gasteiger partial charge in [-0.25, -0.2) is 15.0 Å². The Morgan fingerprint density at radius 2 is 2.29 bits per heavy atom. The van der Waals surface area contributed by atoms with Gasteiger partial charge in [-0.15, -0.1) is 0 Å². The number of hydrogen-bond acceptors (Lipinski definition) is 4. The maximum Gasteiger partial charge on any atom is 0.323 e. The third kappa shape index (κ3) is 1.30. The third-order valence-corrected chi connectivity index (χ3v) is 1.98. The van der Waals surface area contributed by atoms with Crippen LogP contribution in [-0.4, -0.2) is 30.6 Å². The maximum absolute atomic E-state index is 10.5. The zero-order valence-electron chi connectivity index (χ0n) is 7.51. The average molecular weight is 192 g/mol. The molecule has 0 aliphatic carbocycles. The Morgan fingerprint density at radius 3 is 3.00 bits per heavy atom. The number of rotatable bonds is 2. The second-order valence-corrected chi connectivity index (χ2v) is 2.90. The Hall–Kier alpha value is -1.98. The molecule has 0 fully saturated rings. The van der Waals surface area contributed by atoms with E-state index in [4.69, 9.17) is 5.11 Å². The molecule has 14 heavy (non-hydrogen) atoms. The van der Waals surface area contributed by atoms with Crippen molar-refractivity contribution in [1.82, 2.24) is 19.5 Å². The summed E-state index contributed by atoms with van der Waals surface area (Å²) in [6.07, 6.45) is 2.87. The van der Waals surface area contributed by atoms with Gasteiger partial charge in [0, 0.05) is 5.69 Å². The molecular weight excluding hydrogens is 184 g/mol. The first-order chi connectivity index (χ1) is 6.68. The first-order valence-electron chi connectivity index (χ1n) is 4.02. The summed E-state index contributed by atoms with van der Waals surface area (Å²) in [4.78, 5) is 22.4. The molecule has 1 N–H and O–H groups in total. The fraction of sp³-hybridized carbons (Fsp3) is 0.250. The van der Waals surface area contributed by atoms with Gasteiger partial charge in [0.25, 0.3) is 0 Å². The van der Waals surface area contributed by atoms with Gasteiger partial charge in [-0.1, -0.05) is 0 Å². The lowest BCUT2D eigenvalue weighted by Gasteiger charge is -2.09. The number of carbonyl (C=O) groups is 1. The summed E-state index contributed by atoms with van der Waals surface area (Å²) in [5.41, 5.74) is 1.41. The monoisotopic (exact) mass is 192 g/mol. The van der Waals surface area contributed by atoms with Crippen molar-refractivity contribution in [2.75, 3.05) is 0 Å². The van der Waals surface area contributed by atoms with Crippen molar-refractivity contribution in [1.29, 1.82) is 0 Å². The minimum Gasteiger partial charge on any atom is -0.480 e. The van der Waals surface area contributed by atoms with Crippen molar-refractivity contribution < 1.29 is 9.90 Å². The van der Waals surface area contributed by atoms with Gasteiger partial charge in [0.15, 0.2) is 5.82 Å². The van der Waals surface area contributed by atoms with Crippen LogP contribution in [0.5, 0.6) is 0 Å². The number of aliphatic carboxylic acids is 1. The Balaban J connectivity index is 2.51. The molecule has 2 rings (SSSR count). The Kier molecular flexibility index (Phi) is 1.88. The summed E-state index contributed by atoms with van der Waals surface area (Å²) in [6.45, 7) is 1.68. The topological polar surface area (TPSA) is 80.9 Å². The second kappa shape index (κ2) is 3.06. The highest BCUT2D eigenvalue weighted by molar-refractivity contribution is 5.67. The molecule has 0 spiro atoms. The van der Waals surface area contributed by atoms with Crippen LogP contribution in [-0.2, 0) is 11.3 Å². The van der Waals surface area contributed by atoms with Crippen LogP contribution in [0.15, 0.2) is 12.7 Å². The smallest absolute Gasteiger partial charge is 0.323 e. The van der Waals surface area contributed by atoms with Crippen LogP contribution in [0.25, 0.3) is 11.5 Å². The summed E-state index contributed by atoms with van der Waals surface area (Å²) in [6, 6.07) is 0. The van der Waals surface area contributed by atoms with E-state index in [-0.39, 0.29) is 6.54 Å². The molecule has 2 aliphatic rings. The highest BCUT2D eigenvalue weighted by Crippen LogP contribution is 2.17. The van der Waals surface area contributed by atoms with Crippen LogP contribution in [0, 0.1) is 6.92 Å². The van der Waals surface area contributed by atoms with E-state index in [9.17, 15) is 4.79 Å². The van der Waals surface area contributed by atoms with Gasteiger partial charge >= 0.3 is 5.97 Å². The minimum absolute atomic E-state index is 0.109.